The highest BCUT2D eigenvalue weighted by Gasteiger charge is 2.31. The first-order valence-electron chi connectivity index (χ1n) is 19.9. The van der Waals surface area contributed by atoms with Crippen LogP contribution >= 0.6 is 0 Å². The smallest absolute Gasteiger partial charge is 0.137 e. The summed E-state index contributed by atoms with van der Waals surface area (Å²) in [6, 6.07) is 26.3. The van der Waals surface area contributed by atoms with Crippen molar-refractivity contribution in [2.24, 2.45) is 5.92 Å². The van der Waals surface area contributed by atoms with Crippen LogP contribution < -0.4 is 4.74 Å². The molecule has 0 amide bonds. The molecule has 2 atom stereocenters. The second-order valence-electron chi connectivity index (χ2n) is 15.4. The summed E-state index contributed by atoms with van der Waals surface area (Å²) in [6.45, 7) is 16.1. The molecule has 0 saturated carbocycles. The summed E-state index contributed by atoms with van der Waals surface area (Å²) < 4.78 is 11.4. The molecule has 3 heterocycles. The minimum absolute atomic E-state index is 0.335. The van der Waals surface area contributed by atoms with E-state index >= 15 is 0 Å². The van der Waals surface area contributed by atoms with Crippen molar-refractivity contribution in [1.29, 1.82) is 0 Å². The van der Waals surface area contributed by atoms with Gasteiger partial charge in [0.25, 0.3) is 0 Å². The zero-order valence-corrected chi connectivity index (χ0v) is 32.4. The number of aryl methyl sites for hydroxylation is 2. The van der Waals surface area contributed by atoms with Crippen molar-refractivity contribution >= 4 is 21.8 Å². The molecule has 7 rings (SSSR count). The topological polar surface area (TPSA) is 44.9 Å². The summed E-state index contributed by atoms with van der Waals surface area (Å²) in [5.74, 6) is 3.95. The lowest BCUT2D eigenvalue weighted by atomic mass is 9.74. The van der Waals surface area contributed by atoms with Crippen LogP contribution in [0.15, 0.2) is 90.6 Å². The Morgan fingerprint density at radius 3 is 2.40 bits per heavy atom. The molecule has 270 valence electrons. The number of benzene rings is 3. The molecule has 52 heavy (non-hydrogen) atoms. The van der Waals surface area contributed by atoms with Crippen molar-refractivity contribution < 1.29 is 4.74 Å². The second kappa shape index (κ2) is 15.5. The van der Waals surface area contributed by atoms with Gasteiger partial charge in [-0.2, -0.15) is 5.10 Å². The highest BCUT2D eigenvalue weighted by molar-refractivity contribution is 6.09. The average molecular weight is 693 g/mol. The molecule has 3 aromatic carbocycles. The van der Waals surface area contributed by atoms with Gasteiger partial charge in [0.05, 0.1) is 22.4 Å². The standard InChI is InChI=1S/C47H56N4O/c1-8-11-19-34-24-25-48-45(26-34)50-42-21-13-12-20-39(42)40-23-22-37(30-44(40)50)52-38-28-35(31(4)5)27-36(29-38)51-43(16-10-3)47(41(49-51)15-9-2)46-32(6)17-14-18-33(46)7/h12-13,17,20-31,33,46H,8-11,14-16,18-19H2,1-7H3/t33-,46?/m0/s1. The average Bonchev–Trinajstić information content (AvgIpc) is 3.66. The molecule has 0 N–H and O–H groups in total. The molecular formula is C47H56N4O. The van der Waals surface area contributed by atoms with Crippen LogP contribution in [0.25, 0.3) is 33.3 Å². The summed E-state index contributed by atoms with van der Waals surface area (Å²) in [6.07, 6.45) is 14.4. The van der Waals surface area contributed by atoms with E-state index in [1.165, 1.54) is 70.1 Å². The Hall–Kier alpha value is -4.64. The van der Waals surface area contributed by atoms with Crippen molar-refractivity contribution in [3.63, 3.8) is 0 Å². The van der Waals surface area contributed by atoms with Crippen LogP contribution in [0.4, 0.5) is 0 Å². The van der Waals surface area contributed by atoms with Gasteiger partial charge in [-0.25, -0.2) is 9.67 Å². The van der Waals surface area contributed by atoms with Crippen LogP contribution in [0, 0.1) is 5.92 Å². The van der Waals surface area contributed by atoms with E-state index in [-0.39, 0.29) is 0 Å². The quantitative estimate of drug-likeness (QED) is 0.113. The van der Waals surface area contributed by atoms with Gasteiger partial charge in [0, 0.05) is 46.3 Å². The Labute approximate surface area is 310 Å². The Bertz CT molecular complexity index is 2220. The number of hydrogen-bond acceptors (Lipinski definition) is 3. The van der Waals surface area contributed by atoms with Gasteiger partial charge in [0.15, 0.2) is 0 Å². The highest BCUT2D eigenvalue weighted by atomic mass is 16.5. The minimum atomic E-state index is 0.335. The number of nitrogens with zero attached hydrogens (tertiary/aromatic N) is 4. The number of para-hydroxylation sites is 1. The number of ether oxygens (including phenoxy) is 1. The van der Waals surface area contributed by atoms with Crippen molar-refractivity contribution in [3.8, 4) is 23.0 Å². The van der Waals surface area contributed by atoms with Crippen molar-refractivity contribution in [3.05, 3.63) is 119 Å². The second-order valence-corrected chi connectivity index (χ2v) is 15.4. The molecule has 0 fully saturated rings. The molecule has 1 aliphatic carbocycles. The van der Waals surface area contributed by atoms with E-state index in [1.807, 2.05) is 6.20 Å². The summed E-state index contributed by atoms with van der Waals surface area (Å²) >= 11 is 0. The van der Waals surface area contributed by atoms with E-state index < -0.39 is 0 Å². The van der Waals surface area contributed by atoms with Crippen LogP contribution in [0.1, 0.15) is 127 Å². The molecule has 0 bridgehead atoms. The molecule has 5 heteroatoms. The third kappa shape index (κ3) is 6.95. The van der Waals surface area contributed by atoms with E-state index in [0.29, 0.717) is 17.8 Å². The lowest BCUT2D eigenvalue weighted by Gasteiger charge is -2.30. The number of aromatic nitrogens is 4. The van der Waals surface area contributed by atoms with E-state index in [2.05, 4.69) is 137 Å². The maximum atomic E-state index is 6.85. The summed E-state index contributed by atoms with van der Waals surface area (Å²) in [5, 5.41) is 7.85. The lowest BCUT2D eigenvalue weighted by Crippen LogP contribution is -2.18. The lowest BCUT2D eigenvalue weighted by molar-refractivity contribution is 0.445. The highest BCUT2D eigenvalue weighted by Crippen LogP contribution is 2.43. The molecule has 6 aromatic rings. The molecule has 0 saturated heterocycles. The van der Waals surface area contributed by atoms with Crippen LogP contribution in [-0.4, -0.2) is 19.3 Å². The first kappa shape index (κ1) is 35.7. The van der Waals surface area contributed by atoms with Crippen LogP contribution in [0.2, 0.25) is 0 Å². The first-order chi connectivity index (χ1) is 25.3. The van der Waals surface area contributed by atoms with Crippen molar-refractivity contribution in [2.75, 3.05) is 0 Å². The zero-order chi connectivity index (χ0) is 36.4. The molecule has 0 radical (unpaired) electrons. The number of pyridine rings is 1. The Morgan fingerprint density at radius 2 is 1.63 bits per heavy atom. The van der Waals surface area contributed by atoms with Crippen LogP contribution in [-0.2, 0) is 19.3 Å². The predicted molar refractivity (Wildman–Crippen MR) is 218 cm³/mol. The molecule has 3 aromatic heterocycles. The predicted octanol–water partition coefficient (Wildman–Crippen LogP) is 13.0. The van der Waals surface area contributed by atoms with Gasteiger partial charge in [0.2, 0.25) is 0 Å². The van der Waals surface area contributed by atoms with Gasteiger partial charge in [0.1, 0.15) is 17.3 Å². The molecule has 0 spiro atoms. The van der Waals surface area contributed by atoms with Gasteiger partial charge in [-0.1, -0.05) is 90.7 Å². The Balaban J connectivity index is 1.34. The van der Waals surface area contributed by atoms with Gasteiger partial charge in [-0.05, 0) is 111 Å². The summed E-state index contributed by atoms with van der Waals surface area (Å²) in [5.41, 5.74) is 11.5. The molecular weight excluding hydrogens is 637 g/mol. The third-order valence-electron chi connectivity index (χ3n) is 11.1. The maximum Gasteiger partial charge on any atom is 0.137 e. The first-order valence-corrected chi connectivity index (χ1v) is 19.9. The Kier molecular flexibility index (Phi) is 10.7. The van der Waals surface area contributed by atoms with Crippen LogP contribution in [0.3, 0.4) is 0 Å². The van der Waals surface area contributed by atoms with Crippen molar-refractivity contribution in [1.82, 2.24) is 19.3 Å². The number of allylic oxidation sites excluding steroid dienone is 2. The van der Waals surface area contributed by atoms with Gasteiger partial charge in [-0.3, -0.25) is 4.57 Å². The monoisotopic (exact) mass is 692 g/mol. The number of unbranched alkanes of at least 4 members (excludes halogenated alkanes) is 1. The van der Waals surface area contributed by atoms with E-state index in [4.69, 9.17) is 14.8 Å². The normalized spacial score (nSPS) is 16.3. The fourth-order valence-corrected chi connectivity index (χ4v) is 8.45. The summed E-state index contributed by atoms with van der Waals surface area (Å²) in [4.78, 5) is 4.88. The zero-order valence-electron chi connectivity index (χ0n) is 32.4. The fraction of sp³-hybridized carbons (Fsp3) is 0.404. The molecule has 5 nitrogen and oxygen atoms in total. The largest absolute Gasteiger partial charge is 0.457 e. The maximum absolute atomic E-state index is 6.85. The van der Waals surface area contributed by atoms with Gasteiger partial charge in [-0.15, -0.1) is 0 Å². The van der Waals surface area contributed by atoms with Gasteiger partial charge < -0.3 is 4.74 Å². The molecule has 0 aliphatic heterocycles. The van der Waals surface area contributed by atoms with E-state index in [1.54, 1.807) is 0 Å². The summed E-state index contributed by atoms with van der Waals surface area (Å²) in [7, 11) is 0. The SMILES string of the molecule is CCCCc1ccnc(-n2c3ccccc3c3ccc(Oc4cc(C(C)C)cc(-n5nc(CCC)c(C6C(C)=CCC[C@@H]6C)c5CCC)c4)cc32)c1. The Morgan fingerprint density at radius 1 is 0.827 bits per heavy atom. The minimum Gasteiger partial charge on any atom is -0.457 e. The number of fused-ring (bicyclic) bond motifs is 3. The van der Waals surface area contributed by atoms with E-state index in [0.717, 1.165) is 66.1 Å². The number of hydrogen-bond donors (Lipinski definition) is 0. The fourth-order valence-electron chi connectivity index (χ4n) is 8.45. The van der Waals surface area contributed by atoms with Crippen molar-refractivity contribution in [2.45, 2.75) is 118 Å². The van der Waals surface area contributed by atoms with Gasteiger partial charge >= 0.3 is 0 Å². The number of rotatable bonds is 13. The molecule has 1 unspecified atom stereocenters. The van der Waals surface area contributed by atoms with E-state index in [9.17, 15) is 0 Å². The van der Waals surface area contributed by atoms with Crippen LogP contribution in [0.5, 0.6) is 11.5 Å². The molecule has 1 aliphatic rings. The third-order valence-corrected chi connectivity index (χ3v) is 11.1.